The molecule has 0 radical (unpaired) electrons. The predicted molar refractivity (Wildman–Crippen MR) is 165 cm³/mol. The van der Waals surface area contributed by atoms with E-state index in [1.165, 1.54) is 25.0 Å². The molecule has 224 valence electrons. The summed E-state index contributed by atoms with van der Waals surface area (Å²) in [6.07, 6.45) is 2.36. The van der Waals surface area contributed by atoms with Crippen LogP contribution in [-0.2, 0) is 17.8 Å². The van der Waals surface area contributed by atoms with Gasteiger partial charge in [-0.15, -0.1) is 0 Å². The minimum absolute atomic E-state index is 0.0104. The van der Waals surface area contributed by atoms with Crippen LogP contribution >= 0.6 is 0 Å². The highest BCUT2D eigenvalue weighted by molar-refractivity contribution is 6.02. The average Bonchev–Trinajstić information content (AvgIpc) is 3.40. The third-order valence-electron chi connectivity index (χ3n) is 8.45. The number of halogens is 1. The fourth-order valence-corrected chi connectivity index (χ4v) is 6.18. The largest absolute Gasteiger partial charge is 0.496 e. The van der Waals surface area contributed by atoms with Crippen molar-refractivity contribution < 1.29 is 28.6 Å². The van der Waals surface area contributed by atoms with Gasteiger partial charge in [0, 0.05) is 24.6 Å². The van der Waals surface area contributed by atoms with Crippen LogP contribution in [0.15, 0.2) is 66.7 Å². The lowest BCUT2D eigenvalue weighted by molar-refractivity contribution is -0.139. The molecule has 7 nitrogen and oxygen atoms in total. The molecule has 0 spiro atoms. The number of carbonyl (C=O) groups is 2. The summed E-state index contributed by atoms with van der Waals surface area (Å²) in [5.41, 5.74) is 3.80. The van der Waals surface area contributed by atoms with Crippen LogP contribution < -0.4 is 14.8 Å². The number of nitrogens with one attached hydrogen (secondary N) is 1. The molecule has 4 aromatic carbocycles. The molecule has 0 aromatic heterocycles. The van der Waals surface area contributed by atoms with Crippen molar-refractivity contribution in [1.29, 1.82) is 0 Å². The normalized spacial score (nSPS) is 15.8. The molecule has 0 aliphatic carbocycles. The van der Waals surface area contributed by atoms with Gasteiger partial charge in [-0.2, -0.15) is 0 Å². The maximum atomic E-state index is 14.4. The van der Waals surface area contributed by atoms with Gasteiger partial charge in [0.15, 0.2) is 0 Å². The van der Waals surface area contributed by atoms with Crippen LogP contribution in [0.25, 0.3) is 21.9 Å². The first-order valence-corrected chi connectivity index (χ1v) is 14.5. The van der Waals surface area contributed by atoms with Gasteiger partial charge in [0.1, 0.15) is 23.4 Å². The van der Waals surface area contributed by atoms with Crippen molar-refractivity contribution in [2.24, 2.45) is 0 Å². The first-order chi connectivity index (χ1) is 20.7. The number of amides is 1. The second-order valence-corrected chi connectivity index (χ2v) is 11.1. The number of carbonyl (C=O) groups excluding carboxylic acids is 1. The highest BCUT2D eigenvalue weighted by Gasteiger charge is 2.27. The number of rotatable bonds is 10. The van der Waals surface area contributed by atoms with Crippen molar-refractivity contribution in [1.82, 2.24) is 10.2 Å². The molecular formula is C35H37FN2O5. The molecule has 0 saturated carbocycles. The number of nitrogens with zero attached hydrogens (tertiary/aromatic N) is 1. The van der Waals surface area contributed by atoms with Gasteiger partial charge in [-0.05, 0) is 72.8 Å². The molecule has 1 aliphatic rings. The van der Waals surface area contributed by atoms with Crippen LogP contribution in [0, 0.1) is 12.7 Å². The summed E-state index contributed by atoms with van der Waals surface area (Å²) in [4.78, 5) is 27.7. The Balaban J connectivity index is 1.54. The lowest BCUT2D eigenvalue weighted by atomic mass is 9.91. The van der Waals surface area contributed by atoms with Crippen molar-refractivity contribution in [3.63, 3.8) is 0 Å². The quantitative estimate of drug-likeness (QED) is 0.225. The number of hydrogen-bond acceptors (Lipinski definition) is 5. The molecule has 1 aliphatic heterocycles. The van der Waals surface area contributed by atoms with Gasteiger partial charge in [0.2, 0.25) is 0 Å². The van der Waals surface area contributed by atoms with Gasteiger partial charge in [0.25, 0.3) is 5.91 Å². The summed E-state index contributed by atoms with van der Waals surface area (Å²) in [5, 5.41) is 14.3. The van der Waals surface area contributed by atoms with E-state index >= 15 is 0 Å². The molecule has 1 fully saturated rings. The van der Waals surface area contributed by atoms with Crippen LogP contribution in [0.1, 0.15) is 46.8 Å². The van der Waals surface area contributed by atoms with Crippen molar-refractivity contribution in [2.45, 2.75) is 51.7 Å². The zero-order valence-corrected chi connectivity index (χ0v) is 24.9. The number of aliphatic carboxylic acids is 1. The van der Waals surface area contributed by atoms with Gasteiger partial charge >= 0.3 is 5.97 Å². The van der Waals surface area contributed by atoms with E-state index in [1.807, 2.05) is 42.5 Å². The molecule has 2 N–H and O–H groups in total. The Hall–Kier alpha value is -4.43. The molecule has 8 heteroatoms. The Morgan fingerprint density at radius 1 is 1.00 bits per heavy atom. The molecule has 1 unspecified atom stereocenters. The van der Waals surface area contributed by atoms with Gasteiger partial charge in [-0.1, -0.05) is 54.6 Å². The number of benzene rings is 4. The zero-order chi connectivity index (χ0) is 30.7. The first kappa shape index (κ1) is 30.0. The Morgan fingerprint density at radius 3 is 2.42 bits per heavy atom. The molecule has 0 bridgehead atoms. The summed E-state index contributed by atoms with van der Waals surface area (Å²) in [5.74, 6) is -1.25. The summed E-state index contributed by atoms with van der Waals surface area (Å²) < 4.78 is 26.3. The monoisotopic (exact) mass is 584 g/mol. The smallest absolute Gasteiger partial charge is 0.326 e. The first-order valence-electron chi connectivity index (χ1n) is 14.5. The van der Waals surface area contributed by atoms with E-state index in [2.05, 4.69) is 23.2 Å². The number of fused-ring (bicyclic) bond motifs is 1. The van der Waals surface area contributed by atoms with E-state index in [4.69, 9.17) is 9.47 Å². The van der Waals surface area contributed by atoms with E-state index < -0.39 is 23.7 Å². The third-order valence-corrected chi connectivity index (χ3v) is 8.45. The summed E-state index contributed by atoms with van der Waals surface area (Å²) in [7, 11) is 3.30. The van der Waals surface area contributed by atoms with Crippen molar-refractivity contribution >= 4 is 22.6 Å². The van der Waals surface area contributed by atoms with E-state index in [-0.39, 0.29) is 12.0 Å². The predicted octanol–water partition coefficient (Wildman–Crippen LogP) is 6.38. The standard InChI is InChI=1S/C35H37FN2O5/c1-21-9-5-15-28(36)31(21)34(39)37-29(35(40)41)19-23-11-6-13-26-25(23)12-7-14-27(26)32-30(42-3)17-16-24(33(32)43-4)20-38-18-8-10-22(38)2/h5-7,9,11-17,22,29H,8,10,18-20H2,1-4H3,(H,37,39)(H,40,41)/t22?,29-/m0/s1. The lowest BCUT2D eigenvalue weighted by Gasteiger charge is -2.24. The number of hydrogen-bond donors (Lipinski definition) is 2. The number of carboxylic acids is 1. The molecule has 43 heavy (non-hydrogen) atoms. The van der Waals surface area contributed by atoms with E-state index in [0.29, 0.717) is 17.4 Å². The van der Waals surface area contributed by atoms with E-state index in [1.54, 1.807) is 27.2 Å². The Morgan fingerprint density at radius 2 is 1.74 bits per heavy atom. The van der Waals surface area contributed by atoms with Crippen LogP contribution in [0.3, 0.4) is 0 Å². The van der Waals surface area contributed by atoms with E-state index in [0.717, 1.165) is 51.9 Å². The minimum Gasteiger partial charge on any atom is -0.496 e. The molecule has 2 atom stereocenters. The number of ether oxygens (including phenoxy) is 2. The second kappa shape index (κ2) is 12.8. The van der Waals surface area contributed by atoms with Gasteiger partial charge in [-0.25, -0.2) is 9.18 Å². The zero-order valence-electron chi connectivity index (χ0n) is 24.9. The van der Waals surface area contributed by atoms with Gasteiger partial charge in [-0.3, -0.25) is 9.69 Å². The fourth-order valence-electron chi connectivity index (χ4n) is 6.18. The molecule has 1 saturated heterocycles. The summed E-state index contributed by atoms with van der Waals surface area (Å²) >= 11 is 0. The number of likely N-dealkylation sites (tertiary alicyclic amines) is 1. The van der Waals surface area contributed by atoms with Crippen molar-refractivity contribution in [2.75, 3.05) is 20.8 Å². The van der Waals surface area contributed by atoms with Crippen LogP contribution in [0.5, 0.6) is 11.5 Å². The third kappa shape index (κ3) is 6.06. The maximum Gasteiger partial charge on any atom is 0.326 e. The van der Waals surface area contributed by atoms with E-state index in [9.17, 15) is 19.1 Å². The molecular weight excluding hydrogens is 547 g/mol. The molecule has 5 rings (SSSR count). The Kier molecular flexibility index (Phi) is 8.97. The number of aryl methyl sites for hydroxylation is 1. The minimum atomic E-state index is -1.27. The molecule has 1 heterocycles. The molecule has 1 amide bonds. The van der Waals surface area contributed by atoms with Crippen molar-refractivity contribution in [3.05, 3.63) is 94.8 Å². The Labute approximate surface area is 251 Å². The highest BCUT2D eigenvalue weighted by atomic mass is 19.1. The topological polar surface area (TPSA) is 88.1 Å². The highest BCUT2D eigenvalue weighted by Crippen LogP contribution is 2.44. The van der Waals surface area contributed by atoms with Crippen LogP contribution in [0.2, 0.25) is 0 Å². The maximum absolute atomic E-state index is 14.4. The second-order valence-electron chi connectivity index (χ2n) is 11.1. The number of methoxy groups -OCH3 is 2. The average molecular weight is 585 g/mol. The van der Waals surface area contributed by atoms with Gasteiger partial charge in [0.05, 0.1) is 25.3 Å². The molecule has 4 aromatic rings. The van der Waals surface area contributed by atoms with Crippen LogP contribution in [-0.4, -0.2) is 54.7 Å². The van der Waals surface area contributed by atoms with Crippen molar-refractivity contribution in [3.8, 4) is 22.6 Å². The van der Waals surface area contributed by atoms with Gasteiger partial charge < -0.3 is 19.9 Å². The number of carboxylic acid groups (broad SMARTS) is 1. The summed E-state index contributed by atoms with van der Waals surface area (Å²) in [6, 6.07) is 19.1. The summed E-state index contributed by atoms with van der Waals surface area (Å²) in [6.45, 7) is 5.67. The fraction of sp³-hybridized carbons (Fsp3) is 0.314. The lowest BCUT2D eigenvalue weighted by Crippen LogP contribution is -2.42. The Bertz CT molecular complexity index is 1650. The SMILES string of the molecule is COc1ccc(CN2CCCC2C)c(OC)c1-c1cccc2c(C[C@H](NC(=O)c3c(C)cccc3F)C(=O)O)cccc12. The van der Waals surface area contributed by atoms with Crippen LogP contribution in [0.4, 0.5) is 4.39 Å².